The fourth-order valence-corrected chi connectivity index (χ4v) is 1.85. The summed E-state index contributed by atoms with van der Waals surface area (Å²) < 4.78 is 5.36. The molecule has 0 aliphatic rings. The third-order valence-electron chi connectivity index (χ3n) is 2.78. The van der Waals surface area contributed by atoms with Crippen LogP contribution in [-0.4, -0.2) is 29.5 Å². The maximum absolute atomic E-state index is 11.1. The number of aromatic nitrogens is 2. The number of benzene rings is 1. The van der Waals surface area contributed by atoms with Gasteiger partial charge in [0.05, 0.1) is 12.3 Å². The van der Waals surface area contributed by atoms with E-state index >= 15 is 0 Å². The molecule has 102 valence electrons. The number of ether oxygens (including phenoxy) is 1. The van der Waals surface area contributed by atoms with E-state index in [1.165, 1.54) is 0 Å². The zero-order valence-electron chi connectivity index (χ0n) is 11.2. The summed E-state index contributed by atoms with van der Waals surface area (Å²) in [5, 5.41) is 8.71. The lowest BCUT2D eigenvalue weighted by molar-refractivity contribution is 0.141. The molecule has 0 radical (unpaired) electrons. The molecule has 0 fully saturated rings. The molecule has 0 spiro atoms. The third kappa shape index (κ3) is 3.72. The molecule has 0 saturated heterocycles. The fraction of sp³-hybridized carbons (Fsp3) is 0.357. The molecule has 2 rings (SSSR count). The lowest BCUT2D eigenvalue weighted by Crippen LogP contribution is -2.21. The van der Waals surface area contributed by atoms with Crippen molar-refractivity contribution >= 4 is 5.69 Å². The van der Waals surface area contributed by atoms with Crippen LogP contribution >= 0.6 is 0 Å². The van der Waals surface area contributed by atoms with Crippen LogP contribution in [0.4, 0.5) is 5.69 Å². The molecule has 1 unspecified atom stereocenters. The Morgan fingerprint density at radius 3 is 2.58 bits per heavy atom. The smallest absolute Gasteiger partial charge is 0.264 e. The average Bonchev–Trinajstić information content (AvgIpc) is 2.84. The Bertz CT molecular complexity index is 557. The van der Waals surface area contributed by atoms with E-state index in [4.69, 9.17) is 4.74 Å². The van der Waals surface area contributed by atoms with Gasteiger partial charge < -0.3 is 10.1 Å². The van der Waals surface area contributed by atoms with Gasteiger partial charge in [-0.15, -0.1) is 0 Å². The second-order valence-corrected chi connectivity index (χ2v) is 4.45. The molecule has 0 amide bonds. The minimum atomic E-state index is -0.123. The summed E-state index contributed by atoms with van der Waals surface area (Å²) in [6, 6.07) is 9.72. The van der Waals surface area contributed by atoms with Gasteiger partial charge in [-0.3, -0.25) is 15.0 Å². The molecule has 0 aliphatic heterocycles. The van der Waals surface area contributed by atoms with Crippen LogP contribution in [0.1, 0.15) is 13.8 Å². The van der Waals surface area contributed by atoms with Gasteiger partial charge in [-0.2, -0.15) is 0 Å². The largest absolute Gasteiger partial charge is 0.380 e. The predicted molar refractivity (Wildman–Crippen MR) is 76.4 cm³/mol. The topological polar surface area (TPSA) is 69.9 Å². The maximum atomic E-state index is 11.1. The summed E-state index contributed by atoms with van der Waals surface area (Å²) in [6.07, 6.45) is 0. The number of hydrogen-bond acceptors (Lipinski definition) is 3. The Morgan fingerprint density at radius 2 is 2.00 bits per heavy atom. The Balaban J connectivity index is 2.00. The Hall–Kier alpha value is -2.01. The lowest BCUT2D eigenvalue weighted by Gasteiger charge is -2.15. The number of nitrogens with one attached hydrogen (secondary N) is 3. The molecule has 2 aromatic rings. The zero-order valence-corrected chi connectivity index (χ0v) is 11.2. The van der Waals surface area contributed by atoms with Crippen molar-refractivity contribution in [3.8, 4) is 11.3 Å². The number of H-pyrrole nitrogens is 2. The standard InChI is InChI=1S/C14H19N3O2/c1-3-19-9-10(2)15-12-6-4-11(5-7-12)13-8-14(18)17-16-13/h4-8,10,15H,3,9H2,1-2H3,(H2,16,17,18). The Labute approximate surface area is 112 Å². The van der Waals surface area contributed by atoms with Crippen LogP contribution in [0, 0.1) is 0 Å². The molecular formula is C14H19N3O2. The van der Waals surface area contributed by atoms with Gasteiger partial charge in [-0.05, 0) is 31.5 Å². The van der Waals surface area contributed by atoms with E-state index < -0.39 is 0 Å². The SMILES string of the molecule is CCOCC(C)Nc1ccc(-c2cc(=O)[nH][nH]2)cc1. The van der Waals surface area contributed by atoms with E-state index in [2.05, 4.69) is 22.4 Å². The van der Waals surface area contributed by atoms with Crippen LogP contribution in [0.15, 0.2) is 35.1 Å². The average molecular weight is 261 g/mol. The van der Waals surface area contributed by atoms with Crippen molar-refractivity contribution in [1.82, 2.24) is 10.2 Å². The summed E-state index contributed by atoms with van der Waals surface area (Å²) in [7, 11) is 0. The van der Waals surface area contributed by atoms with Gasteiger partial charge in [0.1, 0.15) is 0 Å². The number of aromatic amines is 2. The van der Waals surface area contributed by atoms with Gasteiger partial charge in [0.2, 0.25) is 0 Å². The molecule has 19 heavy (non-hydrogen) atoms. The summed E-state index contributed by atoms with van der Waals surface area (Å²) in [5.41, 5.74) is 2.68. The first-order valence-corrected chi connectivity index (χ1v) is 6.41. The second kappa shape index (κ2) is 6.24. The van der Waals surface area contributed by atoms with Gasteiger partial charge in [0.15, 0.2) is 0 Å². The highest BCUT2D eigenvalue weighted by Crippen LogP contribution is 2.18. The van der Waals surface area contributed by atoms with Crippen LogP contribution in [0.2, 0.25) is 0 Å². The lowest BCUT2D eigenvalue weighted by atomic mass is 10.1. The minimum absolute atomic E-state index is 0.123. The highest BCUT2D eigenvalue weighted by molar-refractivity contribution is 5.62. The van der Waals surface area contributed by atoms with E-state index in [0.717, 1.165) is 23.6 Å². The highest BCUT2D eigenvalue weighted by atomic mass is 16.5. The normalized spacial score (nSPS) is 12.3. The van der Waals surface area contributed by atoms with Crippen molar-refractivity contribution in [2.75, 3.05) is 18.5 Å². The second-order valence-electron chi connectivity index (χ2n) is 4.45. The summed E-state index contributed by atoms with van der Waals surface area (Å²) in [6.45, 7) is 5.47. The van der Waals surface area contributed by atoms with Gasteiger partial charge >= 0.3 is 0 Å². The third-order valence-corrected chi connectivity index (χ3v) is 2.78. The van der Waals surface area contributed by atoms with Crippen LogP contribution < -0.4 is 10.9 Å². The molecule has 3 N–H and O–H groups in total. The van der Waals surface area contributed by atoms with Crippen LogP contribution in [0.3, 0.4) is 0 Å². The van der Waals surface area contributed by atoms with Gasteiger partial charge in [-0.1, -0.05) is 12.1 Å². The van der Waals surface area contributed by atoms with Crippen molar-refractivity contribution in [2.45, 2.75) is 19.9 Å². The van der Waals surface area contributed by atoms with E-state index in [1.54, 1.807) is 6.07 Å². The summed E-state index contributed by atoms with van der Waals surface area (Å²) >= 11 is 0. The maximum Gasteiger partial charge on any atom is 0.264 e. The minimum Gasteiger partial charge on any atom is -0.380 e. The molecule has 1 atom stereocenters. The molecule has 0 saturated carbocycles. The van der Waals surface area contributed by atoms with E-state index in [0.29, 0.717) is 6.61 Å². The summed E-state index contributed by atoms with van der Waals surface area (Å²) in [4.78, 5) is 11.1. The zero-order chi connectivity index (χ0) is 13.7. The number of rotatable bonds is 6. The van der Waals surface area contributed by atoms with Crippen molar-refractivity contribution in [2.24, 2.45) is 0 Å². The molecule has 5 nitrogen and oxygen atoms in total. The van der Waals surface area contributed by atoms with Crippen LogP contribution in [-0.2, 0) is 4.74 Å². The Kier molecular flexibility index (Phi) is 4.41. The van der Waals surface area contributed by atoms with E-state index in [9.17, 15) is 4.79 Å². The van der Waals surface area contributed by atoms with Gasteiger partial charge in [-0.25, -0.2) is 0 Å². The van der Waals surface area contributed by atoms with Gasteiger partial charge in [0.25, 0.3) is 5.56 Å². The molecule has 0 aliphatic carbocycles. The first kappa shape index (κ1) is 13.4. The van der Waals surface area contributed by atoms with Crippen LogP contribution in [0.25, 0.3) is 11.3 Å². The summed E-state index contributed by atoms with van der Waals surface area (Å²) in [5.74, 6) is 0. The molecule has 0 bridgehead atoms. The molecule has 5 heteroatoms. The monoisotopic (exact) mass is 261 g/mol. The first-order chi connectivity index (χ1) is 9.19. The number of anilines is 1. The highest BCUT2D eigenvalue weighted by Gasteiger charge is 2.03. The van der Waals surface area contributed by atoms with Crippen molar-refractivity contribution in [1.29, 1.82) is 0 Å². The van der Waals surface area contributed by atoms with Crippen LogP contribution in [0.5, 0.6) is 0 Å². The van der Waals surface area contributed by atoms with Crippen molar-refractivity contribution in [3.63, 3.8) is 0 Å². The van der Waals surface area contributed by atoms with E-state index in [-0.39, 0.29) is 11.6 Å². The molecular weight excluding hydrogens is 242 g/mol. The molecule has 1 heterocycles. The van der Waals surface area contributed by atoms with Crippen molar-refractivity contribution in [3.05, 3.63) is 40.7 Å². The van der Waals surface area contributed by atoms with E-state index in [1.807, 2.05) is 31.2 Å². The predicted octanol–water partition coefficient (Wildman–Crippen LogP) is 2.21. The molecule has 1 aromatic carbocycles. The molecule has 1 aromatic heterocycles. The number of hydrogen-bond donors (Lipinski definition) is 3. The van der Waals surface area contributed by atoms with Gasteiger partial charge in [0, 0.05) is 24.4 Å². The quantitative estimate of drug-likeness (QED) is 0.746. The first-order valence-electron chi connectivity index (χ1n) is 6.41. The fourth-order valence-electron chi connectivity index (χ4n) is 1.85. The Morgan fingerprint density at radius 1 is 1.26 bits per heavy atom. The van der Waals surface area contributed by atoms with Crippen molar-refractivity contribution < 1.29 is 4.74 Å².